The summed E-state index contributed by atoms with van der Waals surface area (Å²) in [5.41, 5.74) is 3.04. The van der Waals surface area contributed by atoms with Gasteiger partial charge in [-0.2, -0.15) is 0 Å². The van der Waals surface area contributed by atoms with Crippen molar-refractivity contribution in [3.05, 3.63) is 65.4 Å². The van der Waals surface area contributed by atoms with Gasteiger partial charge in [-0.1, -0.05) is 6.07 Å². The van der Waals surface area contributed by atoms with Crippen LogP contribution in [0.3, 0.4) is 0 Å². The van der Waals surface area contributed by atoms with E-state index in [1.165, 1.54) is 37.6 Å². The number of rotatable bonds is 7. The van der Waals surface area contributed by atoms with Crippen LogP contribution in [0.1, 0.15) is 43.8 Å². The molecule has 3 aromatic rings. The zero-order chi connectivity index (χ0) is 29.2. The van der Waals surface area contributed by atoms with Crippen molar-refractivity contribution in [3.8, 4) is 17.0 Å². The van der Waals surface area contributed by atoms with Gasteiger partial charge in [0.1, 0.15) is 18.1 Å². The minimum Gasteiger partial charge on any atom is -0.486 e. The normalized spacial score (nSPS) is 19.2. The molecule has 6 rings (SSSR count). The van der Waals surface area contributed by atoms with Gasteiger partial charge in [0.15, 0.2) is 17.4 Å². The van der Waals surface area contributed by atoms with Crippen LogP contribution >= 0.6 is 0 Å². The molecule has 224 valence electrons. The number of piperidine rings is 1. The summed E-state index contributed by atoms with van der Waals surface area (Å²) in [6.07, 6.45) is 5.99. The van der Waals surface area contributed by atoms with Gasteiger partial charge in [0, 0.05) is 62.3 Å². The Labute approximate surface area is 247 Å². The van der Waals surface area contributed by atoms with Gasteiger partial charge >= 0.3 is 0 Å². The lowest BCUT2D eigenvalue weighted by atomic mass is 10.0. The van der Waals surface area contributed by atoms with Crippen LogP contribution in [0.4, 0.5) is 14.5 Å². The van der Waals surface area contributed by atoms with Gasteiger partial charge in [-0.15, -0.1) is 0 Å². The van der Waals surface area contributed by atoms with E-state index < -0.39 is 11.6 Å². The van der Waals surface area contributed by atoms with Crippen molar-refractivity contribution in [3.63, 3.8) is 0 Å². The third-order valence-corrected chi connectivity index (χ3v) is 8.85. The van der Waals surface area contributed by atoms with Gasteiger partial charge in [-0.05, 0) is 70.6 Å². The summed E-state index contributed by atoms with van der Waals surface area (Å²) in [5, 5.41) is 0. The summed E-state index contributed by atoms with van der Waals surface area (Å²) in [6.45, 7) is 12.8. The maximum Gasteiger partial charge on any atom is 0.178 e. The number of likely N-dealkylation sites (tertiary alicyclic amines) is 1. The zero-order valence-electron chi connectivity index (χ0n) is 24.9. The lowest BCUT2D eigenvalue weighted by Crippen LogP contribution is -2.52. The number of benzene rings is 1. The highest BCUT2D eigenvalue weighted by molar-refractivity contribution is 5.72. The van der Waals surface area contributed by atoms with E-state index in [0.29, 0.717) is 36.6 Å². The molecule has 1 aromatic carbocycles. The van der Waals surface area contributed by atoms with Crippen molar-refractivity contribution in [1.29, 1.82) is 0 Å². The van der Waals surface area contributed by atoms with Crippen LogP contribution in [0.25, 0.3) is 11.3 Å². The number of anilines is 1. The van der Waals surface area contributed by atoms with E-state index >= 15 is 4.39 Å². The van der Waals surface area contributed by atoms with Crippen LogP contribution in [0.5, 0.6) is 5.75 Å². The zero-order valence-corrected chi connectivity index (χ0v) is 24.9. The fraction of sp³-hybridized carbons (Fsp3) is 0.531. The molecule has 0 spiro atoms. The molecule has 0 atom stereocenters. The number of aromatic nitrogens is 3. The van der Waals surface area contributed by atoms with Crippen molar-refractivity contribution in [2.24, 2.45) is 0 Å². The first-order chi connectivity index (χ1) is 20.3. The van der Waals surface area contributed by atoms with Crippen LogP contribution in [0.15, 0.2) is 36.7 Å². The molecule has 0 unspecified atom stereocenters. The lowest BCUT2D eigenvalue weighted by Gasteiger charge is -2.42. The fourth-order valence-corrected chi connectivity index (χ4v) is 6.39. The molecular weight excluding hydrogens is 536 g/mol. The summed E-state index contributed by atoms with van der Waals surface area (Å²) in [4.78, 5) is 23.0. The summed E-state index contributed by atoms with van der Waals surface area (Å²) in [6, 6.07) is 8.03. The minimum atomic E-state index is -0.592. The summed E-state index contributed by atoms with van der Waals surface area (Å²) < 4.78 is 35.5. The monoisotopic (exact) mass is 577 g/mol. The maximum absolute atomic E-state index is 15.0. The molecule has 0 radical (unpaired) electrons. The highest BCUT2D eigenvalue weighted by atomic mass is 19.1. The quantitative estimate of drug-likeness (QED) is 0.414. The highest BCUT2D eigenvalue weighted by Gasteiger charge is 2.27. The Kier molecular flexibility index (Phi) is 8.65. The Morgan fingerprint density at radius 2 is 1.71 bits per heavy atom. The van der Waals surface area contributed by atoms with E-state index in [9.17, 15) is 4.39 Å². The van der Waals surface area contributed by atoms with E-state index in [0.717, 1.165) is 50.7 Å². The van der Waals surface area contributed by atoms with E-state index in [1.807, 2.05) is 26.1 Å². The van der Waals surface area contributed by atoms with Crippen molar-refractivity contribution < 1.29 is 13.5 Å². The Morgan fingerprint density at radius 3 is 2.43 bits per heavy atom. The number of halogens is 2. The van der Waals surface area contributed by atoms with E-state index in [1.54, 1.807) is 6.07 Å². The van der Waals surface area contributed by atoms with Crippen molar-refractivity contribution in [2.45, 2.75) is 51.7 Å². The molecule has 3 aliphatic rings. The second-order valence-electron chi connectivity index (χ2n) is 12.1. The second kappa shape index (κ2) is 12.6. The average molecular weight is 578 g/mol. The molecule has 0 amide bonds. The Bertz CT molecular complexity index is 1370. The van der Waals surface area contributed by atoms with Crippen LogP contribution in [0, 0.1) is 11.6 Å². The molecule has 10 heteroatoms. The van der Waals surface area contributed by atoms with Crippen molar-refractivity contribution in [2.75, 3.05) is 64.4 Å². The molecule has 8 nitrogen and oxygen atoms in total. The molecule has 2 fully saturated rings. The van der Waals surface area contributed by atoms with Crippen LogP contribution in [0.2, 0.25) is 0 Å². The third kappa shape index (κ3) is 6.40. The standard InChI is InChI=1S/C32H41F2N7O/c1-22(2)41-14-15-42-32-27(33)16-24(17-29(32)41)31-28(34)20-36-30(37-31)18-25-5-4-23(19-35-25)21-39-10-12-40(13-11-39)26-6-8-38(3)9-7-26/h4-5,16-17,19-20,22,26H,6-15,18,21H2,1-3H3. The Hall–Kier alpha value is -3.21. The number of hydrogen-bond acceptors (Lipinski definition) is 8. The van der Waals surface area contributed by atoms with Crippen molar-refractivity contribution in [1.82, 2.24) is 29.7 Å². The number of ether oxygens (including phenoxy) is 1. The van der Waals surface area contributed by atoms with Gasteiger partial charge in [0.05, 0.1) is 24.8 Å². The molecule has 2 aromatic heterocycles. The highest BCUT2D eigenvalue weighted by Crippen LogP contribution is 2.39. The number of pyridine rings is 1. The topological polar surface area (TPSA) is 60.9 Å². The van der Waals surface area contributed by atoms with Gasteiger partial charge in [0.2, 0.25) is 0 Å². The molecule has 0 aliphatic carbocycles. The summed E-state index contributed by atoms with van der Waals surface area (Å²) >= 11 is 0. The summed E-state index contributed by atoms with van der Waals surface area (Å²) in [5.74, 6) is -0.471. The summed E-state index contributed by atoms with van der Waals surface area (Å²) in [7, 11) is 2.21. The molecule has 0 N–H and O–H groups in total. The van der Waals surface area contributed by atoms with E-state index in [-0.39, 0.29) is 17.5 Å². The predicted molar refractivity (Wildman–Crippen MR) is 160 cm³/mol. The molecule has 42 heavy (non-hydrogen) atoms. The predicted octanol–water partition coefficient (Wildman–Crippen LogP) is 4.23. The van der Waals surface area contributed by atoms with Gasteiger partial charge in [-0.25, -0.2) is 18.7 Å². The smallest absolute Gasteiger partial charge is 0.178 e. The van der Waals surface area contributed by atoms with Gasteiger partial charge < -0.3 is 14.5 Å². The Morgan fingerprint density at radius 1 is 0.929 bits per heavy atom. The molecule has 0 bridgehead atoms. The number of piperazine rings is 1. The van der Waals surface area contributed by atoms with Crippen LogP contribution in [-0.2, 0) is 13.0 Å². The SMILES string of the molecule is CC(C)N1CCOc2c(F)cc(-c3nc(Cc4ccc(CN5CCN(C6CCN(C)CC6)CC5)cn4)ncc3F)cc21. The number of hydrogen-bond donors (Lipinski definition) is 0. The van der Waals surface area contributed by atoms with Gasteiger partial charge in [-0.3, -0.25) is 14.8 Å². The molecular formula is C32H41F2N7O. The lowest BCUT2D eigenvalue weighted by molar-refractivity contribution is 0.0618. The fourth-order valence-electron chi connectivity index (χ4n) is 6.39. The molecule has 5 heterocycles. The van der Waals surface area contributed by atoms with Crippen LogP contribution < -0.4 is 9.64 Å². The maximum atomic E-state index is 15.0. The van der Waals surface area contributed by atoms with Gasteiger partial charge in [0.25, 0.3) is 0 Å². The van der Waals surface area contributed by atoms with Crippen LogP contribution in [-0.4, -0.2) is 101 Å². The first kappa shape index (κ1) is 28.9. The van der Waals surface area contributed by atoms with E-state index in [2.05, 4.69) is 47.7 Å². The first-order valence-electron chi connectivity index (χ1n) is 15.2. The average Bonchev–Trinajstić information content (AvgIpc) is 2.99. The largest absolute Gasteiger partial charge is 0.486 e. The third-order valence-electron chi connectivity index (χ3n) is 8.85. The number of fused-ring (bicyclic) bond motifs is 1. The van der Waals surface area contributed by atoms with E-state index in [4.69, 9.17) is 4.74 Å². The minimum absolute atomic E-state index is 0.0759. The molecule has 3 aliphatic heterocycles. The molecule has 0 saturated carbocycles. The molecule has 2 saturated heterocycles. The first-order valence-corrected chi connectivity index (χ1v) is 15.2. The van der Waals surface area contributed by atoms with Crippen molar-refractivity contribution >= 4 is 5.69 Å². The number of nitrogens with zero attached hydrogens (tertiary/aromatic N) is 7. The Balaban J connectivity index is 1.09. The second-order valence-corrected chi connectivity index (χ2v) is 12.1.